The molecule has 0 unspecified atom stereocenters. The van der Waals surface area contributed by atoms with Crippen LogP contribution in [0.5, 0.6) is 0 Å². The van der Waals surface area contributed by atoms with E-state index < -0.39 is 12.6 Å². The molecule has 0 fully saturated rings. The molecule has 56 valence electrons. The molecule has 1 heterocycles. The highest BCUT2D eigenvalue weighted by molar-refractivity contribution is 6.72. The van der Waals surface area contributed by atoms with E-state index in [0.29, 0.717) is 5.56 Å². The van der Waals surface area contributed by atoms with Crippen LogP contribution in [0, 0.1) is 6.92 Å². The zero-order valence-corrected chi connectivity index (χ0v) is 5.27. The molecule has 0 aromatic carbocycles. The van der Waals surface area contributed by atoms with Crippen LogP contribution in [0.1, 0.15) is 5.56 Å². The molecule has 0 bridgehead atoms. The first-order chi connectivity index (χ1) is 4.50. The average Bonchev–Trinajstić information content (AvgIpc) is 2.11. The fourth-order valence-corrected chi connectivity index (χ4v) is 0.625. The Morgan fingerprint density at radius 3 is 2.20 bits per heavy atom. The topological polar surface area (TPSA) is 13.1 Å². The molecule has 0 saturated heterocycles. The van der Waals surface area contributed by atoms with Crippen molar-refractivity contribution in [2.24, 2.45) is 0 Å². The van der Waals surface area contributed by atoms with Crippen molar-refractivity contribution in [1.29, 1.82) is 0 Å². The van der Waals surface area contributed by atoms with Crippen LogP contribution in [-0.2, 0) is 0 Å². The number of furan rings is 1. The third kappa shape index (κ3) is 1.34. The van der Waals surface area contributed by atoms with Crippen LogP contribution in [0.4, 0.5) is 12.9 Å². The van der Waals surface area contributed by atoms with Gasteiger partial charge >= 0.3 is 6.98 Å². The van der Waals surface area contributed by atoms with Crippen molar-refractivity contribution in [1.82, 2.24) is 0 Å². The van der Waals surface area contributed by atoms with Crippen LogP contribution in [0.3, 0.4) is 0 Å². The second-order valence-corrected chi connectivity index (χ2v) is 2.10. The predicted octanol–water partition coefficient (Wildman–Crippen LogP) is 1.64. The SMILES string of the molecule is Cc1coc([B-](F)(F)F)c1. The standard InChI is InChI=1S/C5H5BF3O/c1-4-2-5(10-3-4)6(7,8)9/h2-3H,1H3/q-1. The molecule has 0 spiro atoms. The lowest BCUT2D eigenvalue weighted by atomic mass is 9.87. The second-order valence-electron chi connectivity index (χ2n) is 2.10. The van der Waals surface area contributed by atoms with Crippen LogP contribution in [0.2, 0.25) is 0 Å². The number of halogens is 3. The third-order valence-electron chi connectivity index (χ3n) is 1.07. The fraction of sp³-hybridized carbons (Fsp3) is 0.200. The third-order valence-corrected chi connectivity index (χ3v) is 1.07. The van der Waals surface area contributed by atoms with E-state index >= 15 is 0 Å². The molecular formula is C5H5BF3O-. The van der Waals surface area contributed by atoms with Gasteiger partial charge in [0.15, 0.2) is 0 Å². The lowest BCUT2D eigenvalue weighted by molar-refractivity contribution is 0.465. The van der Waals surface area contributed by atoms with Gasteiger partial charge in [-0.15, -0.1) is 0 Å². The monoisotopic (exact) mass is 149 g/mol. The summed E-state index contributed by atoms with van der Waals surface area (Å²) < 4.78 is 39.5. The summed E-state index contributed by atoms with van der Waals surface area (Å²) in [5.41, 5.74) is -0.383. The highest BCUT2D eigenvalue weighted by atomic mass is 19.4. The molecule has 0 aliphatic rings. The van der Waals surface area contributed by atoms with Crippen LogP contribution in [0.15, 0.2) is 16.7 Å². The molecule has 0 amide bonds. The summed E-state index contributed by atoms with van der Waals surface area (Å²) in [5, 5.41) is 0. The van der Waals surface area contributed by atoms with E-state index in [9.17, 15) is 12.9 Å². The van der Waals surface area contributed by atoms with Gasteiger partial charge < -0.3 is 17.4 Å². The molecule has 0 atom stereocenters. The zero-order chi connectivity index (χ0) is 7.78. The predicted molar refractivity (Wildman–Crippen MR) is 32.2 cm³/mol. The Bertz CT molecular complexity index is 227. The molecule has 1 aromatic rings. The van der Waals surface area contributed by atoms with Crippen molar-refractivity contribution >= 4 is 12.6 Å². The minimum atomic E-state index is -4.95. The maximum atomic E-state index is 11.8. The van der Waals surface area contributed by atoms with Gasteiger partial charge in [-0.25, -0.2) is 0 Å². The van der Waals surface area contributed by atoms with Gasteiger partial charge in [0.1, 0.15) is 0 Å². The molecule has 0 aliphatic carbocycles. The molecule has 10 heavy (non-hydrogen) atoms. The molecule has 0 saturated carbocycles. The molecular weight excluding hydrogens is 144 g/mol. The second kappa shape index (κ2) is 2.07. The van der Waals surface area contributed by atoms with E-state index in [-0.39, 0.29) is 0 Å². The highest BCUT2D eigenvalue weighted by Crippen LogP contribution is 2.10. The van der Waals surface area contributed by atoms with Gasteiger partial charge in [-0.1, -0.05) is 0 Å². The van der Waals surface area contributed by atoms with Crippen molar-refractivity contribution in [3.05, 3.63) is 17.9 Å². The lowest BCUT2D eigenvalue weighted by Gasteiger charge is -2.08. The fourth-order valence-electron chi connectivity index (χ4n) is 0.625. The van der Waals surface area contributed by atoms with Crippen LogP contribution >= 0.6 is 0 Å². The van der Waals surface area contributed by atoms with Gasteiger partial charge in [0.25, 0.3) is 0 Å². The first kappa shape index (κ1) is 7.24. The molecule has 0 N–H and O–H groups in total. The van der Waals surface area contributed by atoms with E-state index in [1.165, 1.54) is 0 Å². The smallest absolute Gasteiger partial charge is 0.501 e. The summed E-state index contributed by atoms with van der Waals surface area (Å²) in [4.78, 5) is 0. The minimum absolute atomic E-state index is 0.495. The molecule has 1 rings (SSSR count). The van der Waals surface area contributed by atoms with Crippen LogP contribution in [-0.4, -0.2) is 6.98 Å². The Morgan fingerprint density at radius 2 is 2.00 bits per heavy atom. The average molecular weight is 149 g/mol. The van der Waals surface area contributed by atoms with Crippen molar-refractivity contribution in [3.8, 4) is 0 Å². The molecule has 0 radical (unpaired) electrons. The van der Waals surface area contributed by atoms with E-state index in [1.807, 2.05) is 0 Å². The van der Waals surface area contributed by atoms with Crippen molar-refractivity contribution in [3.63, 3.8) is 0 Å². The van der Waals surface area contributed by atoms with E-state index in [1.54, 1.807) is 6.92 Å². The summed E-state index contributed by atoms with van der Waals surface area (Å²) in [6, 6.07) is 0.986. The summed E-state index contributed by atoms with van der Waals surface area (Å²) in [6.07, 6.45) is 1.09. The Hall–Kier alpha value is -0.865. The zero-order valence-electron chi connectivity index (χ0n) is 5.27. The molecule has 1 aromatic heterocycles. The van der Waals surface area contributed by atoms with Gasteiger partial charge in [-0.3, -0.25) is 0 Å². The van der Waals surface area contributed by atoms with Gasteiger partial charge in [0.05, 0.1) is 6.26 Å². The Kier molecular flexibility index (Phi) is 1.50. The quantitative estimate of drug-likeness (QED) is 0.553. The molecule has 0 aliphatic heterocycles. The highest BCUT2D eigenvalue weighted by Gasteiger charge is 2.29. The largest absolute Gasteiger partial charge is 0.544 e. The Balaban J connectivity index is 2.96. The van der Waals surface area contributed by atoms with E-state index in [4.69, 9.17) is 0 Å². The lowest BCUT2D eigenvalue weighted by Crippen LogP contribution is -2.32. The number of rotatable bonds is 1. The van der Waals surface area contributed by atoms with Crippen molar-refractivity contribution in [2.75, 3.05) is 0 Å². The minimum Gasteiger partial charge on any atom is -0.501 e. The maximum absolute atomic E-state index is 11.8. The number of hydrogen-bond acceptors (Lipinski definition) is 1. The van der Waals surface area contributed by atoms with E-state index in [0.717, 1.165) is 12.3 Å². The van der Waals surface area contributed by atoms with Crippen molar-refractivity contribution < 1.29 is 17.4 Å². The Morgan fingerprint density at radius 1 is 1.40 bits per heavy atom. The maximum Gasteiger partial charge on any atom is 0.544 e. The molecule has 5 heteroatoms. The number of hydrogen-bond donors (Lipinski definition) is 0. The summed E-state index contributed by atoms with van der Waals surface area (Å²) in [5.74, 6) is 0. The number of aryl methyl sites for hydroxylation is 1. The summed E-state index contributed by atoms with van der Waals surface area (Å²) >= 11 is 0. The van der Waals surface area contributed by atoms with Gasteiger partial charge in [-0.05, 0) is 18.6 Å². The molecule has 1 nitrogen and oxygen atoms in total. The van der Waals surface area contributed by atoms with Crippen LogP contribution in [0.25, 0.3) is 0 Å². The first-order valence-electron chi connectivity index (χ1n) is 2.75. The Labute approximate surface area is 55.9 Å². The van der Waals surface area contributed by atoms with Gasteiger partial charge in [0.2, 0.25) is 0 Å². The van der Waals surface area contributed by atoms with Gasteiger partial charge in [0, 0.05) is 5.66 Å². The van der Waals surface area contributed by atoms with Gasteiger partial charge in [-0.2, -0.15) is 0 Å². The normalized spacial score (nSPS) is 12.0. The first-order valence-corrected chi connectivity index (χ1v) is 2.75. The van der Waals surface area contributed by atoms with Crippen LogP contribution < -0.4 is 5.66 Å². The van der Waals surface area contributed by atoms with E-state index in [2.05, 4.69) is 4.42 Å². The summed E-state index contributed by atoms with van der Waals surface area (Å²) in [7, 11) is 0. The summed E-state index contributed by atoms with van der Waals surface area (Å²) in [6.45, 7) is -3.40. The van der Waals surface area contributed by atoms with Crippen molar-refractivity contribution in [2.45, 2.75) is 6.92 Å².